The predicted molar refractivity (Wildman–Crippen MR) is 81.1 cm³/mol. The lowest BCUT2D eigenvalue weighted by Crippen LogP contribution is -2.32. The van der Waals surface area contributed by atoms with Crippen LogP contribution in [0.25, 0.3) is 0 Å². The van der Waals surface area contributed by atoms with Crippen molar-refractivity contribution in [3.63, 3.8) is 0 Å². The zero-order valence-corrected chi connectivity index (χ0v) is 12.8. The van der Waals surface area contributed by atoms with Crippen LogP contribution in [-0.2, 0) is 11.3 Å². The maximum absolute atomic E-state index is 12.2. The Morgan fingerprint density at radius 2 is 2.05 bits per heavy atom. The van der Waals surface area contributed by atoms with Gasteiger partial charge in [-0.05, 0) is 23.0 Å². The summed E-state index contributed by atoms with van der Waals surface area (Å²) in [6, 6.07) is 7.24. The molecule has 1 aromatic rings. The molecule has 2 rings (SSSR count). The molecule has 1 unspecified atom stereocenters. The highest BCUT2D eigenvalue weighted by Crippen LogP contribution is 2.34. The van der Waals surface area contributed by atoms with Crippen LogP contribution in [0.15, 0.2) is 24.3 Å². The van der Waals surface area contributed by atoms with Crippen LogP contribution < -0.4 is 11.3 Å². The fraction of sp³-hybridized carbons (Fsp3) is 0.500. The smallest absolute Gasteiger partial charge is 0.265 e. The molecule has 5 nitrogen and oxygen atoms in total. The molecule has 5 heteroatoms. The van der Waals surface area contributed by atoms with Gasteiger partial charge in [-0.3, -0.25) is 15.0 Å². The molecule has 1 aromatic carbocycles. The van der Waals surface area contributed by atoms with Gasteiger partial charge < -0.3 is 4.90 Å². The Labute approximate surface area is 125 Å². The van der Waals surface area contributed by atoms with Crippen LogP contribution in [0.2, 0.25) is 0 Å². The van der Waals surface area contributed by atoms with E-state index in [1.807, 2.05) is 17.0 Å². The lowest BCUT2D eigenvalue weighted by molar-refractivity contribution is -0.128. The minimum atomic E-state index is -0.329. The SMILES string of the molecule is CC(C)(C)C1CC(=O)N(Cc2ccccc2C(=O)NN)C1. The van der Waals surface area contributed by atoms with Crippen LogP contribution in [0.4, 0.5) is 0 Å². The van der Waals surface area contributed by atoms with Crippen molar-refractivity contribution < 1.29 is 9.59 Å². The van der Waals surface area contributed by atoms with Gasteiger partial charge in [0.2, 0.25) is 5.91 Å². The van der Waals surface area contributed by atoms with Gasteiger partial charge in [0.25, 0.3) is 5.91 Å². The van der Waals surface area contributed by atoms with Crippen LogP contribution in [0.5, 0.6) is 0 Å². The molecule has 1 heterocycles. The predicted octanol–water partition coefficient (Wildman–Crippen LogP) is 1.68. The molecule has 114 valence electrons. The molecule has 21 heavy (non-hydrogen) atoms. The molecule has 0 aliphatic carbocycles. The lowest BCUT2D eigenvalue weighted by Gasteiger charge is -2.26. The van der Waals surface area contributed by atoms with Crippen molar-refractivity contribution in [3.8, 4) is 0 Å². The molecular formula is C16H23N3O2. The number of likely N-dealkylation sites (tertiary alicyclic amines) is 1. The van der Waals surface area contributed by atoms with Crippen LogP contribution in [-0.4, -0.2) is 23.3 Å². The van der Waals surface area contributed by atoms with E-state index in [0.29, 0.717) is 24.4 Å². The molecule has 3 N–H and O–H groups in total. The Kier molecular flexibility index (Phi) is 4.32. The van der Waals surface area contributed by atoms with Crippen molar-refractivity contribution in [2.45, 2.75) is 33.7 Å². The number of carbonyl (C=O) groups is 2. The quantitative estimate of drug-likeness (QED) is 0.505. The summed E-state index contributed by atoms with van der Waals surface area (Å²) < 4.78 is 0. The molecule has 1 aliphatic heterocycles. The number of carbonyl (C=O) groups excluding carboxylic acids is 2. The maximum atomic E-state index is 12.2. The van der Waals surface area contributed by atoms with Gasteiger partial charge in [-0.2, -0.15) is 0 Å². The number of amides is 2. The number of nitrogens with zero attached hydrogens (tertiary/aromatic N) is 1. The molecule has 1 aliphatic rings. The molecule has 1 saturated heterocycles. The van der Waals surface area contributed by atoms with E-state index in [1.165, 1.54) is 0 Å². The largest absolute Gasteiger partial charge is 0.338 e. The van der Waals surface area contributed by atoms with Crippen molar-refractivity contribution in [2.75, 3.05) is 6.54 Å². The Morgan fingerprint density at radius 3 is 2.62 bits per heavy atom. The first-order chi connectivity index (χ1) is 9.82. The number of hydrogen-bond donors (Lipinski definition) is 2. The molecule has 0 aromatic heterocycles. The van der Waals surface area contributed by atoms with Gasteiger partial charge in [-0.25, -0.2) is 5.84 Å². The lowest BCUT2D eigenvalue weighted by atomic mass is 9.80. The average Bonchev–Trinajstić information content (AvgIpc) is 2.80. The second kappa shape index (κ2) is 5.85. The second-order valence-corrected chi connectivity index (χ2v) is 6.67. The first kappa shape index (κ1) is 15.5. The van der Waals surface area contributed by atoms with E-state index in [4.69, 9.17) is 5.84 Å². The van der Waals surface area contributed by atoms with E-state index in [2.05, 4.69) is 26.2 Å². The van der Waals surface area contributed by atoms with E-state index in [1.54, 1.807) is 12.1 Å². The number of nitrogens with one attached hydrogen (secondary N) is 1. The van der Waals surface area contributed by atoms with Gasteiger partial charge in [0.05, 0.1) is 0 Å². The summed E-state index contributed by atoms with van der Waals surface area (Å²) in [5.41, 5.74) is 3.60. The number of benzene rings is 1. The molecule has 1 atom stereocenters. The van der Waals surface area contributed by atoms with Gasteiger partial charge in [0, 0.05) is 25.1 Å². The number of nitrogens with two attached hydrogens (primary N) is 1. The zero-order valence-electron chi connectivity index (χ0n) is 12.8. The number of hydrogen-bond acceptors (Lipinski definition) is 3. The standard InChI is InChI=1S/C16H23N3O2/c1-16(2,3)12-8-14(20)19(10-12)9-11-6-4-5-7-13(11)15(21)18-17/h4-7,12H,8-10,17H2,1-3H3,(H,18,21). The fourth-order valence-electron chi connectivity index (χ4n) is 2.67. The summed E-state index contributed by atoms with van der Waals surface area (Å²) in [5, 5.41) is 0. The van der Waals surface area contributed by atoms with Crippen molar-refractivity contribution in [2.24, 2.45) is 17.2 Å². The van der Waals surface area contributed by atoms with Crippen molar-refractivity contribution in [1.82, 2.24) is 10.3 Å². The molecule has 2 amide bonds. The molecule has 1 fully saturated rings. The van der Waals surface area contributed by atoms with E-state index in [0.717, 1.165) is 12.1 Å². The minimum Gasteiger partial charge on any atom is -0.338 e. The molecule has 0 saturated carbocycles. The Balaban J connectivity index is 2.16. The van der Waals surface area contributed by atoms with E-state index < -0.39 is 0 Å². The van der Waals surface area contributed by atoms with Crippen LogP contribution >= 0.6 is 0 Å². The number of rotatable bonds is 3. The monoisotopic (exact) mass is 289 g/mol. The second-order valence-electron chi connectivity index (χ2n) is 6.67. The number of hydrazine groups is 1. The summed E-state index contributed by atoms with van der Waals surface area (Å²) >= 11 is 0. The third kappa shape index (κ3) is 3.42. The molecular weight excluding hydrogens is 266 g/mol. The van der Waals surface area contributed by atoms with Crippen LogP contribution in [0.1, 0.15) is 43.1 Å². The summed E-state index contributed by atoms with van der Waals surface area (Å²) in [7, 11) is 0. The third-order valence-corrected chi connectivity index (χ3v) is 4.19. The normalized spacial score (nSPS) is 19.0. The van der Waals surface area contributed by atoms with Crippen LogP contribution in [0, 0.1) is 11.3 Å². The highest BCUT2D eigenvalue weighted by Gasteiger charge is 2.36. The van der Waals surface area contributed by atoms with Gasteiger partial charge >= 0.3 is 0 Å². The van der Waals surface area contributed by atoms with Crippen LogP contribution in [0.3, 0.4) is 0 Å². The van der Waals surface area contributed by atoms with Gasteiger partial charge in [-0.1, -0.05) is 39.0 Å². The first-order valence-corrected chi connectivity index (χ1v) is 7.19. The van der Waals surface area contributed by atoms with E-state index in [9.17, 15) is 9.59 Å². The summed E-state index contributed by atoms with van der Waals surface area (Å²) in [5.74, 6) is 5.38. The topological polar surface area (TPSA) is 75.4 Å². The Bertz CT molecular complexity index is 549. The average molecular weight is 289 g/mol. The fourth-order valence-corrected chi connectivity index (χ4v) is 2.67. The zero-order chi connectivity index (χ0) is 15.6. The third-order valence-electron chi connectivity index (χ3n) is 4.19. The Morgan fingerprint density at radius 1 is 1.38 bits per heavy atom. The summed E-state index contributed by atoms with van der Waals surface area (Å²) in [6.45, 7) is 7.66. The Hall–Kier alpha value is -1.88. The van der Waals surface area contributed by atoms with Crippen molar-refractivity contribution >= 4 is 11.8 Å². The van der Waals surface area contributed by atoms with Gasteiger partial charge in [0.15, 0.2) is 0 Å². The van der Waals surface area contributed by atoms with E-state index in [-0.39, 0.29) is 17.2 Å². The van der Waals surface area contributed by atoms with Crippen molar-refractivity contribution in [3.05, 3.63) is 35.4 Å². The number of nitrogen functional groups attached to an aromatic ring is 1. The molecule has 0 bridgehead atoms. The highest BCUT2D eigenvalue weighted by atomic mass is 16.2. The summed E-state index contributed by atoms with van der Waals surface area (Å²) in [6.07, 6.45) is 0.578. The summed E-state index contributed by atoms with van der Waals surface area (Å²) in [4.78, 5) is 25.8. The minimum absolute atomic E-state index is 0.110. The highest BCUT2D eigenvalue weighted by molar-refractivity contribution is 5.95. The maximum Gasteiger partial charge on any atom is 0.265 e. The van der Waals surface area contributed by atoms with Gasteiger partial charge in [-0.15, -0.1) is 0 Å². The molecule has 0 radical (unpaired) electrons. The van der Waals surface area contributed by atoms with Gasteiger partial charge in [0.1, 0.15) is 0 Å². The van der Waals surface area contributed by atoms with Crippen molar-refractivity contribution in [1.29, 1.82) is 0 Å². The first-order valence-electron chi connectivity index (χ1n) is 7.19. The molecule has 0 spiro atoms. The van der Waals surface area contributed by atoms with E-state index >= 15 is 0 Å².